The molecule has 0 aliphatic carbocycles. The first-order valence-corrected chi connectivity index (χ1v) is 10.9. The van der Waals surface area contributed by atoms with Crippen LogP contribution >= 0.6 is 0 Å². The summed E-state index contributed by atoms with van der Waals surface area (Å²) in [6.07, 6.45) is 1.56. The van der Waals surface area contributed by atoms with Crippen LogP contribution in [0, 0.1) is 12.7 Å². The third kappa shape index (κ3) is 4.17. The third-order valence-electron chi connectivity index (χ3n) is 5.99. The van der Waals surface area contributed by atoms with Gasteiger partial charge in [0.15, 0.2) is 5.65 Å². The predicted octanol–water partition coefficient (Wildman–Crippen LogP) is 3.87. The zero-order valence-electron chi connectivity index (χ0n) is 18.6. The highest BCUT2D eigenvalue weighted by Gasteiger charge is 2.19. The number of aryl methyl sites for hydroxylation is 1. The number of nitrogens with zero attached hydrogens (tertiary/aromatic N) is 5. The number of hydrogen-bond acceptors (Lipinski definition) is 5. The minimum atomic E-state index is -0.405. The zero-order valence-corrected chi connectivity index (χ0v) is 18.6. The van der Waals surface area contributed by atoms with E-state index < -0.39 is 5.82 Å². The molecular formula is C25H25FN6O. The van der Waals surface area contributed by atoms with Crippen LogP contribution in [0.3, 0.4) is 0 Å². The fourth-order valence-electron chi connectivity index (χ4n) is 4.13. The highest BCUT2D eigenvalue weighted by molar-refractivity contribution is 6.12. The Morgan fingerprint density at radius 3 is 2.48 bits per heavy atom. The molecule has 7 nitrogen and oxygen atoms in total. The van der Waals surface area contributed by atoms with Crippen molar-refractivity contribution >= 4 is 28.3 Å². The van der Waals surface area contributed by atoms with Crippen LogP contribution in [-0.2, 0) is 0 Å². The number of hydrogen-bond donors (Lipinski definition) is 1. The van der Waals surface area contributed by atoms with E-state index in [9.17, 15) is 9.18 Å². The maximum atomic E-state index is 14.3. The van der Waals surface area contributed by atoms with Gasteiger partial charge in [-0.2, -0.15) is 5.10 Å². The van der Waals surface area contributed by atoms with E-state index in [0.717, 1.165) is 31.9 Å². The Balaban J connectivity index is 1.40. The molecule has 0 spiro atoms. The van der Waals surface area contributed by atoms with E-state index in [1.807, 2.05) is 24.3 Å². The van der Waals surface area contributed by atoms with Gasteiger partial charge in [0, 0.05) is 43.2 Å². The van der Waals surface area contributed by atoms with E-state index in [2.05, 4.69) is 32.2 Å². The molecule has 0 radical (unpaired) electrons. The average molecular weight is 445 g/mol. The number of halogens is 1. The molecule has 0 saturated carbocycles. The molecule has 3 heterocycles. The number of piperazine rings is 1. The number of likely N-dealkylation sites (N-methyl/N-ethyl adjacent to an activating group) is 1. The van der Waals surface area contributed by atoms with Gasteiger partial charge in [0.2, 0.25) is 0 Å². The second-order valence-electron chi connectivity index (χ2n) is 8.35. The Hall–Kier alpha value is -3.78. The van der Waals surface area contributed by atoms with E-state index in [4.69, 9.17) is 0 Å². The first-order valence-electron chi connectivity index (χ1n) is 10.9. The molecule has 1 N–H and O–H groups in total. The van der Waals surface area contributed by atoms with Crippen LogP contribution < -0.4 is 10.2 Å². The van der Waals surface area contributed by atoms with Gasteiger partial charge in [-0.1, -0.05) is 12.1 Å². The summed E-state index contributed by atoms with van der Waals surface area (Å²) in [5, 5.41) is 7.85. The van der Waals surface area contributed by atoms with E-state index >= 15 is 0 Å². The normalized spacial score (nSPS) is 14.6. The number of anilines is 2. The van der Waals surface area contributed by atoms with Gasteiger partial charge in [-0.3, -0.25) is 4.79 Å². The number of carbonyl (C=O) groups is 1. The molecule has 2 aromatic carbocycles. The first-order chi connectivity index (χ1) is 16.0. The molecule has 168 valence electrons. The lowest BCUT2D eigenvalue weighted by Gasteiger charge is -2.34. The number of benzene rings is 2. The van der Waals surface area contributed by atoms with Crippen molar-refractivity contribution in [3.63, 3.8) is 0 Å². The molecule has 8 heteroatoms. The monoisotopic (exact) mass is 444 g/mol. The highest BCUT2D eigenvalue weighted by atomic mass is 19.1. The quantitative estimate of drug-likeness (QED) is 0.518. The Morgan fingerprint density at radius 2 is 1.76 bits per heavy atom. The SMILES string of the molecule is Cc1cc(C(=O)Nc2ccc(N3CCN(C)CC3)cc2)c2cnn(-c3ccccc3F)c2n1. The maximum Gasteiger partial charge on any atom is 0.256 e. The Morgan fingerprint density at radius 1 is 1.03 bits per heavy atom. The third-order valence-corrected chi connectivity index (χ3v) is 5.99. The number of amides is 1. The highest BCUT2D eigenvalue weighted by Crippen LogP contribution is 2.24. The summed E-state index contributed by atoms with van der Waals surface area (Å²) in [7, 11) is 2.13. The van der Waals surface area contributed by atoms with Gasteiger partial charge in [0.25, 0.3) is 5.91 Å². The number of pyridine rings is 1. The number of rotatable bonds is 4. The minimum Gasteiger partial charge on any atom is -0.369 e. The van der Waals surface area contributed by atoms with Crippen LogP contribution in [0.2, 0.25) is 0 Å². The molecule has 1 saturated heterocycles. The van der Waals surface area contributed by atoms with Crippen molar-refractivity contribution < 1.29 is 9.18 Å². The second-order valence-corrected chi connectivity index (χ2v) is 8.35. The number of fused-ring (bicyclic) bond motifs is 1. The average Bonchev–Trinajstić information content (AvgIpc) is 3.23. The fourth-order valence-corrected chi connectivity index (χ4v) is 4.13. The standard InChI is InChI=1S/C25H25FN6O/c1-17-15-20(21-16-27-32(24(21)28-17)23-6-4-3-5-22(23)26)25(33)29-18-7-9-19(10-8-18)31-13-11-30(2)12-14-31/h3-10,15-16H,11-14H2,1-2H3,(H,29,33). The van der Waals surface area contributed by atoms with Crippen molar-refractivity contribution in [1.82, 2.24) is 19.7 Å². The summed E-state index contributed by atoms with van der Waals surface area (Å²) in [6, 6.07) is 16.0. The molecule has 0 unspecified atom stereocenters. The fraction of sp³-hybridized carbons (Fsp3) is 0.240. The van der Waals surface area contributed by atoms with Gasteiger partial charge in [-0.05, 0) is 56.4 Å². The molecule has 4 aromatic rings. The summed E-state index contributed by atoms with van der Waals surface area (Å²) in [6.45, 7) is 5.86. The van der Waals surface area contributed by atoms with Crippen molar-refractivity contribution in [2.24, 2.45) is 0 Å². The van der Waals surface area contributed by atoms with Crippen LogP contribution in [0.4, 0.5) is 15.8 Å². The molecule has 1 fully saturated rings. The van der Waals surface area contributed by atoms with Crippen LogP contribution in [0.1, 0.15) is 16.1 Å². The van der Waals surface area contributed by atoms with E-state index in [0.29, 0.717) is 28.0 Å². The van der Waals surface area contributed by atoms with Gasteiger partial charge < -0.3 is 15.1 Å². The summed E-state index contributed by atoms with van der Waals surface area (Å²) >= 11 is 0. The molecule has 1 amide bonds. The minimum absolute atomic E-state index is 0.258. The lowest BCUT2D eigenvalue weighted by molar-refractivity contribution is 0.102. The van der Waals surface area contributed by atoms with Gasteiger partial charge >= 0.3 is 0 Å². The summed E-state index contributed by atoms with van der Waals surface area (Å²) in [4.78, 5) is 22.3. The first kappa shape index (κ1) is 21.1. The van der Waals surface area contributed by atoms with Crippen LogP contribution in [0.25, 0.3) is 16.7 Å². The van der Waals surface area contributed by atoms with Crippen LogP contribution in [-0.4, -0.2) is 58.8 Å². The van der Waals surface area contributed by atoms with E-state index in [-0.39, 0.29) is 11.6 Å². The Bertz CT molecular complexity index is 1310. The molecule has 33 heavy (non-hydrogen) atoms. The van der Waals surface area contributed by atoms with Gasteiger partial charge in [0.1, 0.15) is 11.5 Å². The summed E-state index contributed by atoms with van der Waals surface area (Å²) in [5.74, 6) is -0.664. The smallest absolute Gasteiger partial charge is 0.256 e. The van der Waals surface area contributed by atoms with Gasteiger partial charge in [-0.25, -0.2) is 14.1 Å². The molecule has 0 atom stereocenters. The lowest BCUT2D eigenvalue weighted by Crippen LogP contribution is -2.44. The number of nitrogens with one attached hydrogen (secondary N) is 1. The molecule has 2 aromatic heterocycles. The van der Waals surface area contributed by atoms with Crippen molar-refractivity contribution in [1.29, 1.82) is 0 Å². The molecule has 5 rings (SSSR count). The lowest BCUT2D eigenvalue weighted by atomic mass is 10.1. The van der Waals surface area contributed by atoms with Crippen LogP contribution in [0.5, 0.6) is 0 Å². The van der Waals surface area contributed by atoms with Crippen molar-refractivity contribution in [2.75, 3.05) is 43.4 Å². The second kappa shape index (κ2) is 8.63. The maximum absolute atomic E-state index is 14.3. The molecule has 1 aliphatic heterocycles. The van der Waals surface area contributed by atoms with Crippen molar-refractivity contribution in [3.8, 4) is 5.69 Å². The topological polar surface area (TPSA) is 66.3 Å². The molecule has 0 bridgehead atoms. The van der Waals surface area contributed by atoms with E-state index in [1.165, 1.54) is 10.7 Å². The van der Waals surface area contributed by atoms with Gasteiger partial charge in [0.05, 0.1) is 17.1 Å². The summed E-state index contributed by atoms with van der Waals surface area (Å²) < 4.78 is 15.8. The van der Waals surface area contributed by atoms with Crippen molar-refractivity contribution in [3.05, 3.63) is 77.9 Å². The van der Waals surface area contributed by atoms with E-state index in [1.54, 1.807) is 37.4 Å². The number of aromatic nitrogens is 3. The van der Waals surface area contributed by atoms with Crippen molar-refractivity contribution in [2.45, 2.75) is 6.92 Å². The number of carbonyl (C=O) groups excluding carboxylic acids is 1. The molecular weight excluding hydrogens is 419 g/mol. The Kier molecular flexibility index (Phi) is 5.51. The predicted molar refractivity (Wildman–Crippen MR) is 128 cm³/mol. The molecule has 1 aliphatic rings. The van der Waals surface area contributed by atoms with Crippen LogP contribution in [0.15, 0.2) is 60.8 Å². The number of para-hydroxylation sites is 1. The largest absolute Gasteiger partial charge is 0.369 e. The zero-order chi connectivity index (χ0) is 22.9. The Labute approximate surface area is 191 Å². The van der Waals surface area contributed by atoms with Gasteiger partial charge in [-0.15, -0.1) is 0 Å². The summed E-state index contributed by atoms with van der Waals surface area (Å²) in [5.41, 5.74) is 3.68.